The van der Waals surface area contributed by atoms with Gasteiger partial charge in [-0.25, -0.2) is 4.98 Å². The van der Waals surface area contributed by atoms with Gasteiger partial charge in [-0.05, 0) is 40.2 Å². The molecule has 3 aromatic rings. The Bertz CT molecular complexity index is 807. The summed E-state index contributed by atoms with van der Waals surface area (Å²) in [6.07, 6.45) is -2.61. The average molecular weight is 356 g/mol. The Kier molecular flexibility index (Phi) is 3.16. The van der Waals surface area contributed by atoms with Crippen molar-refractivity contribution in [2.75, 3.05) is 5.73 Å². The van der Waals surface area contributed by atoms with Gasteiger partial charge in [0, 0.05) is 11.8 Å². The van der Waals surface area contributed by atoms with Crippen LogP contribution in [0, 0.1) is 0 Å². The van der Waals surface area contributed by atoms with E-state index in [9.17, 15) is 13.2 Å². The lowest BCUT2D eigenvalue weighted by atomic mass is 10.1. The zero-order valence-electron chi connectivity index (χ0n) is 10.5. The Labute approximate surface area is 126 Å². The van der Waals surface area contributed by atoms with E-state index in [-0.39, 0.29) is 0 Å². The number of hydrogen-bond donors (Lipinski definition) is 1. The smallest absolute Gasteiger partial charge is 0.383 e. The number of hydrogen-bond acceptors (Lipinski definition) is 2. The summed E-state index contributed by atoms with van der Waals surface area (Å²) in [7, 11) is 0. The molecular formula is C14H9BrF3N3. The van der Waals surface area contributed by atoms with Crippen molar-refractivity contribution in [2.24, 2.45) is 0 Å². The van der Waals surface area contributed by atoms with E-state index < -0.39 is 11.7 Å². The van der Waals surface area contributed by atoms with Crippen LogP contribution in [0.4, 0.5) is 19.0 Å². The summed E-state index contributed by atoms with van der Waals surface area (Å²) < 4.78 is 40.1. The molecule has 0 fully saturated rings. The Balaban J connectivity index is 2.13. The molecule has 2 N–H and O–H groups in total. The summed E-state index contributed by atoms with van der Waals surface area (Å²) in [5.41, 5.74) is 6.93. The van der Waals surface area contributed by atoms with Crippen LogP contribution >= 0.6 is 15.9 Å². The predicted molar refractivity (Wildman–Crippen MR) is 77.7 cm³/mol. The molecule has 2 heterocycles. The van der Waals surface area contributed by atoms with Crippen molar-refractivity contribution in [3.63, 3.8) is 0 Å². The van der Waals surface area contributed by atoms with E-state index >= 15 is 0 Å². The minimum absolute atomic E-state index is 0.381. The first kappa shape index (κ1) is 13.9. The van der Waals surface area contributed by atoms with Gasteiger partial charge in [0.05, 0.1) is 10.0 Å². The lowest BCUT2D eigenvalue weighted by Gasteiger charge is -2.06. The fraction of sp³-hybridized carbons (Fsp3) is 0.0714. The average Bonchev–Trinajstić information content (AvgIpc) is 2.77. The van der Waals surface area contributed by atoms with Crippen LogP contribution in [0.1, 0.15) is 5.56 Å². The maximum Gasteiger partial charge on any atom is 0.416 e. The monoisotopic (exact) mass is 355 g/mol. The maximum absolute atomic E-state index is 12.6. The van der Waals surface area contributed by atoms with Crippen LogP contribution in [-0.4, -0.2) is 9.38 Å². The van der Waals surface area contributed by atoms with Crippen LogP contribution < -0.4 is 5.73 Å². The van der Waals surface area contributed by atoms with Crippen molar-refractivity contribution in [1.29, 1.82) is 0 Å². The summed E-state index contributed by atoms with van der Waals surface area (Å²) in [4.78, 5) is 4.38. The molecule has 2 aromatic heterocycles. The van der Waals surface area contributed by atoms with E-state index in [4.69, 9.17) is 5.73 Å². The molecule has 1 aromatic carbocycles. The first-order chi connectivity index (χ1) is 9.88. The molecule has 0 spiro atoms. The van der Waals surface area contributed by atoms with Crippen LogP contribution in [0.25, 0.3) is 16.9 Å². The third-order valence-electron chi connectivity index (χ3n) is 3.13. The topological polar surface area (TPSA) is 43.3 Å². The van der Waals surface area contributed by atoms with Gasteiger partial charge < -0.3 is 5.73 Å². The molecular weight excluding hydrogens is 347 g/mol. The van der Waals surface area contributed by atoms with Gasteiger partial charge in [0.2, 0.25) is 0 Å². The first-order valence-corrected chi connectivity index (χ1v) is 6.77. The minimum atomic E-state index is -4.36. The van der Waals surface area contributed by atoms with E-state index in [1.165, 1.54) is 12.1 Å². The Hall–Kier alpha value is -2.02. The number of benzene rings is 1. The molecule has 0 bridgehead atoms. The fourth-order valence-electron chi connectivity index (χ4n) is 2.08. The highest BCUT2D eigenvalue weighted by atomic mass is 79.9. The summed E-state index contributed by atoms with van der Waals surface area (Å²) in [6, 6.07) is 8.40. The van der Waals surface area contributed by atoms with Crippen molar-refractivity contribution in [1.82, 2.24) is 9.38 Å². The summed E-state index contributed by atoms with van der Waals surface area (Å²) >= 11 is 3.37. The molecule has 7 heteroatoms. The molecule has 0 radical (unpaired) electrons. The van der Waals surface area contributed by atoms with Crippen molar-refractivity contribution in [2.45, 2.75) is 6.18 Å². The van der Waals surface area contributed by atoms with Gasteiger partial charge in [-0.2, -0.15) is 13.2 Å². The Morgan fingerprint density at radius 3 is 2.33 bits per heavy atom. The van der Waals surface area contributed by atoms with Gasteiger partial charge in [0.15, 0.2) is 5.65 Å². The van der Waals surface area contributed by atoms with Crippen molar-refractivity contribution >= 4 is 27.4 Å². The van der Waals surface area contributed by atoms with Crippen molar-refractivity contribution in [3.8, 4) is 11.3 Å². The summed E-state index contributed by atoms with van der Waals surface area (Å²) in [5, 5.41) is 0. The van der Waals surface area contributed by atoms with Crippen LogP contribution in [0.15, 0.2) is 47.1 Å². The molecule has 0 saturated heterocycles. The van der Waals surface area contributed by atoms with E-state index in [1.807, 2.05) is 6.07 Å². The lowest BCUT2D eigenvalue weighted by Crippen LogP contribution is -2.04. The summed E-state index contributed by atoms with van der Waals surface area (Å²) in [5.74, 6) is 0.381. The van der Waals surface area contributed by atoms with E-state index in [0.29, 0.717) is 22.7 Å². The molecule has 3 nitrogen and oxygen atoms in total. The lowest BCUT2D eigenvalue weighted by molar-refractivity contribution is -0.137. The number of aromatic nitrogens is 2. The van der Waals surface area contributed by atoms with Gasteiger partial charge in [-0.1, -0.05) is 12.1 Å². The van der Waals surface area contributed by atoms with E-state index in [2.05, 4.69) is 20.9 Å². The van der Waals surface area contributed by atoms with Gasteiger partial charge in [-0.15, -0.1) is 0 Å². The van der Waals surface area contributed by atoms with E-state index in [1.54, 1.807) is 16.7 Å². The van der Waals surface area contributed by atoms with E-state index in [0.717, 1.165) is 16.6 Å². The number of fused-ring (bicyclic) bond motifs is 1. The molecule has 0 aliphatic heterocycles. The number of nitrogens with two attached hydrogens (primary N) is 1. The largest absolute Gasteiger partial charge is 0.416 e. The number of halogens is 4. The highest BCUT2D eigenvalue weighted by molar-refractivity contribution is 9.10. The molecule has 0 unspecified atom stereocenters. The molecule has 0 saturated carbocycles. The minimum Gasteiger partial charge on any atom is -0.383 e. The first-order valence-electron chi connectivity index (χ1n) is 5.97. The molecule has 0 atom stereocenters. The molecule has 0 amide bonds. The second-order valence-electron chi connectivity index (χ2n) is 4.47. The van der Waals surface area contributed by atoms with Crippen molar-refractivity contribution in [3.05, 3.63) is 52.6 Å². The number of nitrogens with zero attached hydrogens (tertiary/aromatic N) is 2. The number of alkyl halides is 3. The highest BCUT2D eigenvalue weighted by Gasteiger charge is 2.30. The molecule has 3 rings (SSSR count). The normalized spacial score (nSPS) is 12.0. The van der Waals surface area contributed by atoms with Gasteiger partial charge >= 0.3 is 6.18 Å². The number of imidazole rings is 1. The maximum atomic E-state index is 12.6. The molecule has 21 heavy (non-hydrogen) atoms. The number of anilines is 1. The molecule has 0 aliphatic carbocycles. The Morgan fingerprint density at radius 1 is 1.10 bits per heavy atom. The second kappa shape index (κ2) is 4.77. The molecule has 108 valence electrons. The zero-order chi connectivity index (χ0) is 15.2. The third-order valence-corrected chi connectivity index (χ3v) is 3.74. The van der Waals surface area contributed by atoms with Gasteiger partial charge in [0.1, 0.15) is 11.5 Å². The second-order valence-corrected chi connectivity index (χ2v) is 5.32. The highest BCUT2D eigenvalue weighted by Crippen LogP contribution is 2.33. The SMILES string of the molecule is Nc1c(-c2ccc(C(F)(F)F)cc2)nc2c(Br)cccn12. The van der Waals surface area contributed by atoms with Crippen LogP contribution in [0.5, 0.6) is 0 Å². The molecule has 0 aliphatic rings. The zero-order valence-corrected chi connectivity index (χ0v) is 12.1. The van der Waals surface area contributed by atoms with Crippen molar-refractivity contribution < 1.29 is 13.2 Å². The quantitative estimate of drug-likeness (QED) is 0.704. The van der Waals surface area contributed by atoms with Gasteiger partial charge in [0.25, 0.3) is 0 Å². The summed E-state index contributed by atoms with van der Waals surface area (Å²) in [6.45, 7) is 0. The Morgan fingerprint density at radius 2 is 1.76 bits per heavy atom. The fourth-order valence-corrected chi connectivity index (χ4v) is 2.51. The van der Waals surface area contributed by atoms with Crippen LogP contribution in [0.3, 0.4) is 0 Å². The van der Waals surface area contributed by atoms with Crippen LogP contribution in [-0.2, 0) is 6.18 Å². The predicted octanol–water partition coefficient (Wildman–Crippen LogP) is 4.36. The third kappa shape index (κ3) is 2.37. The standard InChI is InChI=1S/C14H9BrF3N3/c15-10-2-1-7-21-12(19)11(20-13(10)21)8-3-5-9(6-4-8)14(16,17)18/h1-7H,19H2. The van der Waals surface area contributed by atoms with Crippen LogP contribution in [0.2, 0.25) is 0 Å². The van der Waals surface area contributed by atoms with Gasteiger partial charge in [-0.3, -0.25) is 4.40 Å². The number of rotatable bonds is 1. The number of pyridine rings is 1. The number of nitrogen functional groups attached to an aromatic ring is 1.